The summed E-state index contributed by atoms with van der Waals surface area (Å²) in [5.41, 5.74) is 10.9. The zero-order chi connectivity index (χ0) is 32.9. The first-order valence-corrected chi connectivity index (χ1v) is 15.4. The summed E-state index contributed by atoms with van der Waals surface area (Å²) in [5.74, 6) is 1.36. The molecule has 0 amide bonds. The number of alkyl halides is 1. The highest BCUT2D eigenvalue weighted by Crippen LogP contribution is 2.23. The van der Waals surface area contributed by atoms with Crippen LogP contribution in [-0.4, -0.2) is 63.7 Å². The van der Waals surface area contributed by atoms with Gasteiger partial charge in [-0.1, -0.05) is 67.8 Å². The fraction of sp³-hybridized carbons (Fsp3) is 0.351. The molecule has 2 aromatic heterocycles. The van der Waals surface area contributed by atoms with Crippen LogP contribution in [0.3, 0.4) is 0 Å². The Bertz CT molecular complexity index is 1670. The van der Waals surface area contributed by atoms with Crippen molar-refractivity contribution in [1.29, 1.82) is 0 Å². The van der Waals surface area contributed by atoms with Crippen LogP contribution in [0.25, 0.3) is 5.57 Å². The summed E-state index contributed by atoms with van der Waals surface area (Å²) in [6.07, 6.45) is 9.12. The van der Waals surface area contributed by atoms with Crippen LogP contribution in [0.2, 0.25) is 10.6 Å². The number of aromatic nitrogens is 4. The molecule has 5 N–H and O–H groups in total. The first-order chi connectivity index (χ1) is 22.1. The van der Waals surface area contributed by atoms with Gasteiger partial charge in [-0.3, -0.25) is 9.98 Å². The van der Waals surface area contributed by atoms with Crippen molar-refractivity contribution in [1.82, 2.24) is 25.3 Å². The molecule has 14 heteroatoms. The Morgan fingerprint density at radius 1 is 0.804 bits per heavy atom. The molecule has 1 saturated heterocycles. The molecule has 5 heterocycles. The minimum Gasteiger partial charge on any atom is -0.340 e. The van der Waals surface area contributed by atoms with E-state index in [0.717, 1.165) is 41.2 Å². The topological polar surface area (TPSA) is 138 Å². The van der Waals surface area contributed by atoms with Crippen LogP contribution in [0.5, 0.6) is 0 Å². The number of nitrogens with two attached hydrogens (primary N) is 1. The van der Waals surface area contributed by atoms with Gasteiger partial charge in [0.05, 0.1) is 13.1 Å². The van der Waals surface area contributed by atoms with Gasteiger partial charge in [0, 0.05) is 49.3 Å². The molecule has 3 aliphatic rings. The number of halogens is 4. The van der Waals surface area contributed by atoms with Crippen molar-refractivity contribution < 1.29 is 4.39 Å². The van der Waals surface area contributed by atoms with Gasteiger partial charge in [0.1, 0.15) is 17.3 Å². The van der Waals surface area contributed by atoms with E-state index in [4.69, 9.17) is 28.9 Å². The van der Waals surface area contributed by atoms with Crippen molar-refractivity contribution in [3.05, 3.63) is 100 Å². The van der Waals surface area contributed by atoms with E-state index in [1.54, 1.807) is 31.5 Å². The average Bonchev–Trinajstić information content (AvgIpc) is 3.70. The van der Waals surface area contributed by atoms with E-state index < -0.39 is 5.67 Å². The molecule has 7 rings (SSSR count). The summed E-state index contributed by atoms with van der Waals surface area (Å²) in [6.45, 7) is 8.10. The quantitative estimate of drug-likeness (QED) is 0.148. The zero-order valence-corrected chi connectivity index (χ0v) is 28.6. The number of hydrogen-bond donors (Lipinski definition) is 4. The number of nitrogens with one attached hydrogen (secondary N) is 3. The number of rotatable bonds is 5. The van der Waals surface area contributed by atoms with Gasteiger partial charge in [-0.2, -0.15) is 0 Å². The normalized spacial score (nSPS) is 13.3. The molecule has 0 bridgehead atoms. The molecule has 2 aromatic carbocycles. The van der Waals surface area contributed by atoms with Gasteiger partial charge in [0.2, 0.25) is 10.6 Å². The molecule has 0 atom stereocenters. The van der Waals surface area contributed by atoms with E-state index in [0.29, 0.717) is 30.8 Å². The summed E-state index contributed by atoms with van der Waals surface area (Å²) < 4.78 is 12.1. The highest BCUT2D eigenvalue weighted by Gasteiger charge is 2.30. The molecule has 280 valence electrons. The van der Waals surface area contributed by atoms with Gasteiger partial charge in [-0.15, -0.1) is 12.4 Å². The second-order valence-electron chi connectivity index (χ2n) is 11.0. The summed E-state index contributed by atoms with van der Waals surface area (Å²) >= 11 is 11.5. The van der Waals surface area contributed by atoms with Crippen LogP contribution >= 0.6 is 35.6 Å². The zero-order valence-electron chi connectivity index (χ0n) is 26.3. The second-order valence-corrected chi connectivity index (χ2v) is 11.7. The van der Waals surface area contributed by atoms with E-state index >= 15 is 0 Å². The lowest BCUT2D eigenvalue weighted by molar-refractivity contribution is 0.113. The predicted octanol–water partition coefficient (Wildman–Crippen LogP) is 9.79. The maximum Gasteiger partial charge on any atom is 0.224 e. The fourth-order valence-electron chi connectivity index (χ4n) is 4.05. The molecule has 51 heavy (non-hydrogen) atoms. The first-order valence-electron chi connectivity index (χ1n) is 14.7. The molecule has 4 aromatic rings. The minimum absolute atomic E-state index is 0. The van der Waals surface area contributed by atoms with Crippen LogP contribution in [0, 0.1) is 0 Å². The molecule has 0 spiro atoms. The molecular formula is C37H54Cl3FN10. The highest BCUT2D eigenvalue weighted by molar-refractivity contribution is 6.28. The van der Waals surface area contributed by atoms with E-state index in [1.165, 1.54) is 5.56 Å². The molecule has 0 aliphatic carbocycles. The van der Waals surface area contributed by atoms with Crippen molar-refractivity contribution in [2.24, 2.45) is 15.7 Å². The van der Waals surface area contributed by atoms with Crippen LogP contribution in [0.15, 0.2) is 83.1 Å². The highest BCUT2D eigenvalue weighted by atomic mass is 35.5. The van der Waals surface area contributed by atoms with Crippen molar-refractivity contribution in [2.45, 2.75) is 68.7 Å². The molecule has 1 fully saturated rings. The van der Waals surface area contributed by atoms with Gasteiger partial charge in [-0.05, 0) is 94.8 Å². The number of allylic oxidation sites excluding steroid dienone is 1. The minimum atomic E-state index is -0.889. The van der Waals surface area contributed by atoms with Crippen LogP contribution < -0.4 is 21.7 Å². The number of nitrogens with zero attached hydrogens (tertiary/aromatic N) is 6. The monoisotopic (exact) mass is 762 g/mol. The molecule has 0 radical (unpaired) electrons. The van der Waals surface area contributed by atoms with Gasteiger partial charge >= 0.3 is 0 Å². The number of fused-ring (bicyclic) bond motifs is 1. The Kier molecular flexibility index (Phi) is 23.3. The van der Waals surface area contributed by atoms with Gasteiger partial charge in [-0.25, -0.2) is 24.3 Å². The Balaban J connectivity index is 0. The van der Waals surface area contributed by atoms with Crippen molar-refractivity contribution in [2.75, 3.05) is 30.3 Å². The summed E-state index contributed by atoms with van der Waals surface area (Å²) in [5, 5.41) is 9.64. The number of aliphatic imine (C=N–C) groups is 2. The maximum absolute atomic E-state index is 12.1. The SMILES string of the molecule is C.C.C.C.CC(C)N.CC1(F)CNC1.Cl.Clc1nccc(Nc2ccc(C3=CCN=C3)cc2)n1.Clc1nccc(Nc2ccc3c(c2)C=NC3)n1. The van der Waals surface area contributed by atoms with Crippen molar-refractivity contribution >= 4 is 76.6 Å². The Hall–Kier alpha value is -4.00. The van der Waals surface area contributed by atoms with E-state index in [1.807, 2.05) is 62.7 Å². The van der Waals surface area contributed by atoms with Crippen molar-refractivity contribution in [3.8, 4) is 0 Å². The third-order valence-corrected chi connectivity index (χ3v) is 6.65. The smallest absolute Gasteiger partial charge is 0.224 e. The molecule has 0 saturated carbocycles. The lowest BCUT2D eigenvalue weighted by Crippen LogP contribution is -2.53. The molecule has 10 nitrogen and oxygen atoms in total. The molecular weight excluding hydrogens is 710 g/mol. The standard InChI is InChI=1S/C14H11ClN4.C12H9ClN4.C4H8FN.C3H9N.4CH4.ClH/c15-14-17-8-6-13(19-14)18-12-3-1-10(2-4-12)11-5-7-16-9-11;13-12-15-4-3-11(17-12)16-10-2-1-8-6-14-7-9(8)5-10;1-4(5)2-6-3-4;1-3(2)4;;;;;/h1-6,8-9H,7H2,(H,17,18,19);1-5,7H,6H2,(H,15,16,17);6H,2-3H2,1H3;3H,4H2,1-2H3;4*1H4;1H. The van der Waals surface area contributed by atoms with Gasteiger partial charge in [0.15, 0.2) is 0 Å². The average molecular weight is 764 g/mol. The fourth-order valence-corrected chi connectivity index (χ4v) is 4.34. The van der Waals surface area contributed by atoms with Crippen LogP contribution in [0.1, 0.15) is 67.2 Å². The van der Waals surface area contributed by atoms with E-state index in [9.17, 15) is 4.39 Å². The maximum atomic E-state index is 12.1. The summed E-state index contributed by atoms with van der Waals surface area (Å²) in [4.78, 5) is 24.2. The summed E-state index contributed by atoms with van der Waals surface area (Å²) in [6, 6.07) is 18.1. The number of hydrogen-bond acceptors (Lipinski definition) is 10. The van der Waals surface area contributed by atoms with Crippen LogP contribution in [-0.2, 0) is 6.54 Å². The largest absolute Gasteiger partial charge is 0.340 e. The van der Waals surface area contributed by atoms with Crippen molar-refractivity contribution in [3.63, 3.8) is 0 Å². The third kappa shape index (κ3) is 17.2. The second kappa shape index (κ2) is 24.2. The predicted molar refractivity (Wildman–Crippen MR) is 222 cm³/mol. The molecule has 3 aliphatic heterocycles. The van der Waals surface area contributed by atoms with E-state index in [-0.39, 0.29) is 52.7 Å². The lowest BCUT2D eigenvalue weighted by Gasteiger charge is -2.30. The molecule has 0 unspecified atom stereocenters. The first kappa shape index (κ1) is 49.1. The number of benzene rings is 2. The Labute approximate surface area is 320 Å². The Morgan fingerprint density at radius 2 is 1.31 bits per heavy atom. The van der Waals surface area contributed by atoms with Crippen LogP contribution in [0.4, 0.5) is 27.4 Å². The lowest BCUT2D eigenvalue weighted by atomic mass is 10.0. The number of anilines is 4. The van der Waals surface area contributed by atoms with E-state index in [2.05, 4.69) is 58.0 Å². The summed E-state index contributed by atoms with van der Waals surface area (Å²) in [7, 11) is 0. The Morgan fingerprint density at radius 3 is 1.76 bits per heavy atom. The third-order valence-electron chi connectivity index (χ3n) is 6.29. The van der Waals surface area contributed by atoms with Gasteiger partial charge in [0.25, 0.3) is 0 Å². The van der Waals surface area contributed by atoms with Gasteiger partial charge < -0.3 is 21.7 Å².